The molecular formula is C14H21N2O+. The molecule has 0 saturated heterocycles. The van der Waals surface area contributed by atoms with E-state index in [4.69, 9.17) is 4.74 Å². The summed E-state index contributed by atoms with van der Waals surface area (Å²) in [6, 6.07) is 8.13. The van der Waals surface area contributed by atoms with Crippen molar-refractivity contribution in [3.8, 4) is 5.75 Å². The van der Waals surface area contributed by atoms with Crippen LogP contribution in [0.2, 0.25) is 0 Å². The SMILES string of the molecule is CCOc1ccc(NC2=[NH+]CCCCC2)cc1. The van der Waals surface area contributed by atoms with Crippen molar-refractivity contribution < 1.29 is 9.73 Å². The minimum Gasteiger partial charge on any atom is -0.494 e. The van der Waals surface area contributed by atoms with E-state index in [-0.39, 0.29) is 0 Å². The molecular weight excluding hydrogens is 212 g/mol. The van der Waals surface area contributed by atoms with Gasteiger partial charge in [0.15, 0.2) is 0 Å². The Morgan fingerprint density at radius 2 is 2.00 bits per heavy atom. The van der Waals surface area contributed by atoms with Crippen molar-refractivity contribution in [1.82, 2.24) is 0 Å². The maximum atomic E-state index is 5.42. The highest BCUT2D eigenvalue weighted by atomic mass is 16.5. The van der Waals surface area contributed by atoms with Crippen molar-refractivity contribution in [2.24, 2.45) is 0 Å². The van der Waals surface area contributed by atoms with Gasteiger partial charge in [0, 0.05) is 6.42 Å². The number of hydrogen-bond donors (Lipinski definition) is 2. The summed E-state index contributed by atoms with van der Waals surface area (Å²) in [5, 5.41) is 3.44. The molecule has 3 nitrogen and oxygen atoms in total. The summed E-state index contributed by atoms with van der Waals surface area (Å²) in [7, 11) is 0. The summed E-state index contributed by atoms with van der Waals surface area (Å²) in [5.74, 6) is 2.17. The van der Waals surface area contributed by atoms with Crippen molar-refractivity contribution in [2.75, 3.05) is 18.5 Å². The molecule has 1 aliphatic heterocycles. The first-order valence-electron chi connectivity index (χ1n) is 6.48. The van der Waals surface area contributed by atoms with E-state index in [1.165, 1.54) is 25.1 Å². The highest BCUT2D eigenvalue weighted by Gasteiger charge is 2.10. The number of nitrogens with one attached hydrogen (secondary N) is 2. The largest absolute Gasteiger partial charge is 0.494 e. The van der Waals surface area contributed by atoms with Crippen LogP contribution in [0.4, 0.5) is 5.69 Å². The summed E-state index contributed by atoms with van der Waals surface area (Å²) in [4.78, 5) is 3.44. The van der Waals surface area contributed by atoms with Crippen molar-refractivity contribution in [2.45, 2.75) is 32.6 Å². The van der Waals surface area contributed by atoms with Gasteiger partial charge in [0.2, 0.25) is 5.84 Å². The molecule has 0 aromatic heterocycles. The molecule has 1 aliphatic rings. The van der Waals surface area contributed by atoms with Crippen LogP contribution in [0.15, 0.2) is 24.3 Å². The highest BCUT2D eigenvalue weighted by Crippen LogP contribution is 2.15. The molecule has 92 valence electrons. The number of hydrogen-bond acceptors (Lipinski definition) is 2. The fourth-order valence-electron chi connectivity index (χ4n) is 2.01. The molecule has 3 heteroatoms. The first-order valence-corrected chi connectivity index (χ1v) is 6.48. The van der Waals surface area contributed by atoms with Crippen LogP contribution in [0.25, 0.3) is 0 Å². The number of ether oxygens (including phenoxy) is 1. The second kappa shape index (κ2) is 6.28. The van der Waals surface area contributed by atoms with Crippen LogP contribution in [0.1, 0.15) is 32.6 Å². The van der Waals surface area contributed by atoms with Crippen LogP contribution in [0, 0.1) is 0 Å². The molecule has 0 saturated carbocycles. The van der Waals surface area contributed by atoms with Crippen LogP contribution in [-0.4, -0.2) is 19.0 Å². The van der Waals surface area contributed by atoms with Gasteiger partial charge in [-0.15, -0.1) is 0 Å². The lowest BCUT2D eigenvalue weighted by Gasteiger charge is -2.04. The van der Waals surface area contributed by atoms with Crippen LogP contribution in [-0.2, 0) is 0 Å². The van der Waals surface area contributed by atoms with Gasteiger partial charge in [-0.25, -0.2) is 5.32 Å². The first-order chi connectivity index (χ1) is 8.38. The molecule has 2 rings (SSSR count). The van der Waals surface area contributed by atoms with Crippen molar-refractivity contribution in [1.29, 1.82) is 0 Å². The zero-order valence-electron chi connectivity index (χ0n) is 10.5. The Bertz CT molecular complexity index is 370. The summed E-state index contributed by atoms with van der Waals surface area (Å²) in [6.07, 6.45) is 4.98. The predicted octanol–water partition coefficient (Wildman–Crippen LogP) is 1.55. The van der Waals surface area contributed by atoms with E-state index in [0.29, 0.717) is 6.61 Å². The maximum Gasteiger partial charge on any atom is 0.247 e. The lowest BCUT2D eigenvalue weighted by atomic mass is 10.2. The van der Waals surface area contributed by atoms with Gasteiger partial charge < -0.3 is 4.74 Å². The Morgan fingerprint density at radius 1 is 1.18 bits per heavy atom. The average Bonchev–Trinajstić information content (AvgIpc) is 2.61. The van der Waals surface area contributed by atoms with Crippen LogP contribution in [0.3, 0.4) is 0 Å². The lowest BCUT2D eigenvalue weighted by molar-refractivity contribution is -0.457. The normalized spacial score (nSPS) is 15.9. The van der Waals surface area contributed by atoms with Gasteiger partial charge in [0.25, 0.3) is 0 Å². The smallest absolute Gasteiger partial charge is 0.247 e. The van der Waals surface area contributed by atoms with Crippen molar-refractivity contribution >= 4 is 11.5 Å². The number of anilines is 1. The Labute approximate surface area is 103 Å². The molecule has 1 aromatic rings. The molecule has 2 N–H and O–H groups in total. The summed E-state index contributed by atoms with van der Waals surface area (Å²) in [5.41, 5.74) is 1.12. The van der Waals surface area contributed by atoms with E-state index >= 15 is 0 Å². The second-order valence-electron chi connectivity index (χ2n) is 4.30. The average molecular weight is 233 g/mol. The second-order valence-corrected chi connectivity index (χ2v) is 4.30. The molecule has 0 radical (unpaired) electrons. The molecule has 0 spiro atoms. The van der Waals surface area contributed by atoms with E-state index in [1.807, 2.05) is 19.1 Å². The third-order valence-electron chi connectivity index (χ3n) is 2.90. The lowest BCUT2D eigenvalue weighted by Crippen LogP contribution is -2.74. The van der Waals surface area contributed by atoms with E-state index < -0.39 is 0 Å². The van der Waals surface area contributed by atoms with E-state index in [2.05, 4.69) is 22.4 Å². The van der Waals surface area contributed by atoms with Crippen molar-refractivity contribution in [3.63, 3.8) is 0 Å². The number of amidine groups is 1. The van der Waals surface area contributed by atoms with Gasteiger partial charge in [-0.2, -0.15) is 0 Å². The summed E-state index contributed by atoms with van der Waals surface area (Å²) >= 11 is 0. The van der Waals surface area contributed by atoms with Gasteiger partial charge in [0.05, 0.1) is 13.2 Å². The minimum absolute atomic E-state index is 0.714. The molecule has 0 bridgehead atoms. The minimum atomic E-state index is 0.714. The molecule has 0 aliphatic carbocycles. The molecule has 0 atom stereocenters. The molecule has 0 unspecified atom stereocenters. The number of rotatable bonds is 3. The van der Waals surface area contributed by atoms with Gasteiger partial charge in [0.1, 0.15) is 11.4 Å². The Morgan fingerprint density at radius 3 is 2.76 bits per heavy atom. The quantitative estimate of drug-likeness (QED) is 0.831. The summed E-state index contributed by atoms with van der Waals surface area (Å²) in [6.45, 7) is 3.79. The van der Waals surface area contributed by atoms with Crippen molar-refractivity contribution in [3.05, 3.63) is 24.3 Å². The molecule has 1 aromatic carbocycles. The van der Waals surface area contributed by atoms with E-state index in [9.17, 15) is 0 Å². The van der Waals surface area contributed by atoms with Gasteiger partial charge in [-0.1, -0.05) is 0 Å². The maximum absolute atomic E-state index is 5.42. The van der Waals surface area contributed by atoms with Gasteiger partial charge in [-0.3, -0.25) is 4.99 Å². The van der Waals surface area contributed by atoms with Crippen LogP contribution < -0.4 is 15.0 Å². The molecule has 17 heavy (non-hydrogen) atoms. The van der Waals surface area contributed by atoms with Gasteiger partial charge in [-0.05, 0) is 50.5 Å². The Balaban J connectivity index is 1.95. The zero-order valence-corrected chi connectivity index (χ0v) is 10.5. The third-order valence-corrected chi connectivity index (χ3v) is 2.90. The van der Waals surface area contributed by atoms with E-state index in [1.54, 1.807) is 0 Å². The first kappa shape index (κ1) is 12.0. The molecule has 0 fully saturated rings. The summed E-state index contributed by atoms with van der Waals surface area (Å²) < 4.78 is 5.42. The molecule has 0 amide bonds. The molecule has 1 heterocycles. The number of benzene rings is 1. The third kappa shape index (κ3) is 3.77. The van der Waals surface area contributed by atoms with Gasteiger partial charge >= 0.3 is 0 Å². The zero-order chi connectivity index (χ0) is 11.9. The van der Waals surface area contributed by atoms with Crippen LogP contribution in [0.5, 0.6) is 5.75 Å². The van der Waals surface area contributed by atoms with Crippen LogP contribution >= 0.6 is 0 Å². The Hall–Kier alpha value is -1.51. The highest BCUT2D eigenvalue weighted by molar-refractivity contribution is 5.91. The standard InChI is InChI=1S/C14H20N2O/c1-2-17-13-9-7-12(8-10-13)16-14-6-4-3-5-11-15-14/h7-10H,2-6,11H2,1H3,(H,15,16)/p+1. The fourth-order valence-corrected chi connectivity index (χ4v) is 2.01. The predicted molar refractivity (Wildman–Crippen MR) is 70.5 cm³/mol. The fraction of sp³-hybridized carbons (Fsp3) is 0.500. The van der Waals surface area contributed by atoms with E-state index in [0.717, 1.165) is 24.4 Å². The Kier molecular flexibility index (Phi) is 4.42. The monoisotopic (exact) mass is 233 g/mol. The topological polar surface area (TPSA) is 35.2 Å².